The van der Waals surface area contributed by atoms with Crippen molar-refractivity contribution >= 4 is 18.3 Å². The van der Waals surface area contributed by atoms with Crippen LogP contribution in [0.3, 0.4) is 0 Å². The van der Waals surface area contributed by atoms with E-state index in [1.165, 1.54) is 19.3 Å². The fourth-order valence-corrected chi connectivity index (χ4v) is 2.37. The van der Waals surface area contributed by atoms with Crippen LogP contribution in [0.2, 0.25) is 0 Å². The smallest absolute Gasteiger partial charge is 0.224 e. The molecular weight excluding hydrogens is 236 g/mol. The Morgan fingerprint density at radius 3 is 2.65 bits per heavy atom. The average Bonchev–Trinajstić information content (AvgIpc) is 2.44. The standard InChI is InChI=1S/C13H26N2O.ClH/c1-10-5-4-6-12(8-7-10)15-13(16)11(2)9-14-3;/h10-12,14H,4-9H2,1-3H3,(H,15,16);1H. The van der Waals surface area contributed by atoms with E-state index >= 15 is 0 Å². The average molecular weight is 263 g/mol. The van der Waals surface area contributed by atoms with Crippen LogP contribution >= 0.6 is 12.4 Å². The van der Waals surface area contributed by atoms with Crippen LogP contribution in [-0.2, 0) is 4.79 Å². The Morgan fingerprint density at radius 2 is 2.00 bits per heavy atom. The van der Waals surface area contributed by atoms with E-state index in [2.05, 4.69) is 17.6 Å². The molecular formula is C13H27ClN2O. The molecule has 1 saturated carbocycles. The number of hydrogen-bond donors (Lipinski definition) is 2. The van der Waals surface area contributed by atoms with Crippen molar-refractivity contribution in [2.75, 3.05) is 13.6 Å². The van der Waals surface area contributed by atoms with E-state index in [-0.39, 0.29) is 24.2 Å². The summed E-state index contributed by atoms with van der Waals surface area (Å²) in [4.78, 5) is 11.8. The van der Waals surface area contributed by atoms with Gasteiger partial charge in [0, 0.05) is 18.5 Å². The van der Waals surface area contributed by atoms with Gasteiger partial charge < -0.3 is 10.6 Å². The lowest BCUT2D eigenvalue weighted by atomic mass is 10.0. The monoisotopic (exact) mass is 262 g/mol. The van der Waals surface area contributed by atoms with Gasteiger partial charge in [-0.05, 0) is 32.2 Å². The molecule has 0 aromatic carbocycles. The van der Waals surface area contributed by atoms with Crippen LogP contribution in [0.15, 0.2) is 0 Å². The summed E-state index contributed by atoms with van der Waals surface area (Å²) in [6.45, 7) is 5.05. The van der Waals surface area contributed by atoms with Crippen molar-refractivity contribution in [1.82, 2.24) is 10.6 Å². The highest BCUT2D eigenvalue weighted by molar-refractivity contribution is 5.85. The predicted molar refractivity (Wildman–Crippen MR) is 74.5 cm³/mol. The van der Waals surface area contributed by atoms with Gasteiger partial charge in [-0.1, -0.05) is 26.7 Å². The molecule has 3 atom stereocenters. The largest absolute Gasteiger partial charge is 0.353 e. The maximum absolute atomic E-state index is 11.8. The van der Waals surface area contributed by atoms with Crippen molar-refractivity contribution in [3.05, 3.63) is 0 Å². The highest BCUT2D eigenvalue weighted by Gasteiger charge is 2.20. The minimum Gasteiger partial charge on any atom is -0.353 e. The maximum Gasteiger partial charge on any atom is 0.224 e. The van der Waals surface area contributed by atoms with Crippen LogP contribution in [0.1, 0.15) is 46.0 Å². The molecule has 1 aliphatic carbocycles. The zero-order valence-electron chi connectivity index (χ0n) is 11.3. The lowest BCUT2D eigenvalue weighted by Crippen LogP contribution is -2.40. The third-order valence-corrected chi connectivity index (χ3v) is 3.56. The van der Waals surface area contributed by atoms with E-state index in [0.29, 0.717) is 6.04 Å². The first kappa shape index (κ1) is 16.7. The van der Waals surface area contributed by atoms with E-state index < -0.39 is 0 Å². The lowest BCUT2D eigenvalue weighted by Gasteiger charge is -2.19. The number of carbonyl (C=O) groups is 1. The highest BCUT2D eigenvalue weighted by Crippen LogP contribution is 2.22. The first-order chi connectivity index (χ1) is 7.63. The van der Waals surface area contributed by atoms with Crippen LogP contribution in [0.25, 0.3) is 0 Å². The molecule has 0 aromatic heterocycles. The van der Waals surface area contributed by atoms with Gasteiger partial charge in [-0.3, -0.25) is 4.79 Å². The molecule has 0 saturated heterocycles. The summed E-state index contributed by atoms with van der Waals surface area (Å²) in [6.07, 6.45) is 6.14. The summed E-state index contributed by atoms with van der Waals surface area (Å²) in [5.41, 5.74) is 0. The van der Waals surface area contributed by atoms with Gasteiger partial charge in [-0.15, -0.1) is 12.4 Å². The van der Waals surface area contributed by atoms with E-state index in [1.54, 1.807) is 0 Å². The number of rotatable bonds is 4. The van der Waals surface area contributed by atoms with Crippen LogP contribution in [0.5, 0.6) is 0 Å². The molecule has 0 bridgehead atoms. The maximum atomic E-state index is 11.8. The molecule has 1 amide bonds. The van der Waals surface area contributed by atoms with Crippen LogP contribution in [0, 0.1) is 11.8 Å². The van der Waals surface area contributed by atoms with Crippen LogP contribution < -0.4 is 10.6 Å². The van der Waals surface area contributed by atoms with Crippen molar-refractivity contribution in [3.63, 3.8) is 0 Å². The van der Waals surface area contributed by atoms with E-state index in [4.69, 9.17) is 0 Å². The Kier molecular flexibility index (Phi) is 8.61. The summed E-state index contributed by atoms with van der Waals surface area (Å²) in [7, 11) is 1.89. The molecule has 3 unspecified atom stereocenters. The van der Waals surface area contributed by atoms with Crippen molar-refractivity contribution in [2.45, 2.75) is 52.0 Å². The molecule has 2 N–H and O–H groups in total. The van der Waals surface area contributed by atoms with Gasteiger partial charge in [-0.2, -0.15) is 0 Å². The second-order valence-corrected chi connectivity index (χ2v) is 5.28. The summed E-state index contributed by atoms with van der Waals surface area (Å²) >= 11 is 0. The molecule has 0 aliphatic heterocycles. The predicted octanol–water partition coefficient (Wildman–Crippen LogP) is 2.35. The molecule has 1 aliphatic rings. The van der Waals surface area contributed by atoms with Gasteiger partial charge in [0.2, 0.25) is 5.91 Å². The summed E-state index contributed by atoms with van der Waals surface area (Å²) < 4.78 is 0. The molecule has 1 fully saturated rings. The number of hydrogen-bond acceptors (Lipinski definition) is 2. The molecule has 102 valence electrons. The molecule has 0 heterocycles. The van der Waals surface area contributed by atoms with Crippen molar-refractivity contribution in [2.24, 2.45) is 11.8 Å². The minimum atomic E-state index is 0. The van der Waals surface area contributed by atoms with Gasteiger partial charge >= 0.3 is 0 Å². The lowest BCUT2D eigenvalue weighted by molar-refractivity contribution is -0.125. The number of halogens is 1. The SMILES string of the molecule is CNCC(C)C(=O)NC1CCCC(C)CC1.Cl. The topological polar surface area (TPSA) is 41.1 Å². The first-order valence-corrected chi connectivity index (χ1v) is 6.58. The van der Waals surface area contributed by atoms with Crippen molar-refractivity contribution < 1.29 is 4.79 Å². The third kappa shape index (κ3) is 6.27. The number of amides is 1. The Labute approximate surface area is 112 Å². The Balaban J connectivity index is 0.00000256. The fourth-order valence-electron chi connectivity index (χ4n) is 2.37. The van der Waals surface area contributed by atoms with E-state index in [1.807, 2.05) is 14.0 Å². The van der Waals surface area contributed by atoms with E-state index in [0.717, 1.165) is 25.3 Å². The Bertz CT molecular complexity index is 223. The van der Waals surface area contributed by atoms with E-state index in [9.17, 15) is 4.79 Å². The molecule has 4 heteroatoms. The number of nitrogens with one attached hydrogen (secondary N) is 2. The van der Waals surface area contributed by atoms with Gasteiger partial charge in [0.15, 0.2) is 0 Å². The summed E-state index contributed by atoms with van der Waals surface area (Å²) in [6, 6.07) is 0.414. The first-order valence-electron chi connectivity index (χ1n) is 6.58. The van der Waals surface area contributed by atoms with Gasteiger partial charge in [0.1, 0.15) is 0 Å². The quantitative estimate of drug-likeness (QED) is 0.764. The summed E-state index contributed by atoms with van der Waals surface area (Å²) in [5, 5.41) is 6.23. The Morgan fingerprint density at radius 1 is 1.29 bits per heavy atom. The molecule has 0 radical (unpaired) electrons. The van der Waals surface area contributed by atoms with Gasteiger partial charge in [0.05, 0.1) is 0 Å². The van der Waals surface area contributed by atoms with Crippen LogP contribution in [-0.4, -0.2) is 25.5 Å². The van der Waals surface area contributed by atoms with Gasteiger partial charge in [-0.25, -0.2) is 0 Å². The second-order valence-electron chi connectivity index (χ2n) is 5.28. The minimum absolute atomic E-state index is 0. The van der Waals surface area contributed by atoms with Crippen molar-refractivity contribution in [1.29, 1.82) is 0 Å². The normalized spacial score (nSPS) is 26.5. The molecule has 17 heavy (non-hydrogen) atoms. The molecule has 3 nitrogen and oxygen atoms in total. The second kappa shape index (κ2) is 8.76. The van der Waals surface area contributed by atoms with Gasteiger partial charge in [0.25, 0.3) is 0 Å². The molecule has 0 spiro atoms. The Hall–Kier alpha value is -0.280. The molecule has 0 aromatic rings. The third-order valence-electron chi connectivity index (χ3n) is 3.56. The molecule has 1 rings (SSSR count). The van der Waals surface area contributed by atoms with Crippen molar-refractivity contribution in [3.8, 4) is 0 Å². The highest BCUT2D eigenvalue weighted by atomic mass is 35.5. The number of carbonyl (C=O) groups excluding carboxylic acids is 1. The zero-order valence-corrected chi connectivity index (χ0v) is 12.1. The zero-order chi connectivity index (χ0) is 12.0. The summed E-state index contributed by atoms with van der Waals surface area (Å²) in [5.74, 6) is 1.11. The fraction of sp³-hybridized carbons (Fsp3) is 0.923. The van der Waals surface area contributed by atoms with Crippen LogP contribution in [0.4, 0.5) is 0 Å².